The van der Waals surface area contributed by atoms with Crippen molar-refractivity contribution >= 4 is 0 Å². The molecule has 0 bridgehead atoms. The van der Waals surface area contributed by atoms with Gasteiger partial charge in [-0.3, -0.25) is 0 Å². The average Bonchev–Trinajstić information content (AvgIpc) is 2.32. The molecule has 18 heavy (non-hydrogen) atoms. The summed E-state index contributed by atoms with van der Waals surface area (Å²) in [5.74, 6) is 0.847. The number of rotatable bonds is 4. The first-order valence-electron chi connectivity index (χ1n) is 7.13. The lowest BCUT2D eigenvalue weighted by Crippen LogP contribution is -2.32. The van der Waals surface area contributed by atoms with Crippen LogP contribution in [0.3, 0.4) is 0 Å². The van der Waals surface area contributed by atoms with Crippen molar-refractivity contribution in [3.63, 3.8) is 0 Å². The highest BCUT2D eigenvalue weighted by Crippen LogP contribution is 2.24. The Morgan fingerprint density at radius 3 is 2.61 bits per heavy atom. The summed E-state index contributed by atoms with van der Waals surface area (Å²) >= 11 is 0. The summed E-state index contributed by atoms with van der Waals surface area (Å²) in [4.78, 5) is 2.45. The maximum atomic E-state index is 5.95. The predicted octanol–water partition coefficient (Wildman–Crippen LogP) is 2.94. The van der Waals surface area contributed by atoms with Gasteiger partial charge in [0.2, 0.25) is 0 Å². The molecule has 2 heteroatoms. The van der Waals surface area contributed by atoms with Gasteiger partial charge in [-0.15, -0.1) is 0 Å². The molecule has 1 aliphatic rings. The van der Waals surface area contributed by atoms with E-state index < -0.39 is 0 Å². The summed E-state index contributed by atoms with van der Waals surface area (Å²) in [6.45, 7) is 4.43. The van der Waals surface area contributed by atoms with Crippen LogP contribution in [0.25, 0.3) is 0 Å². The summed E-state index contributed by atoms with van der Waals surface area (Å²) in [5.41, 5.74) is 8.73. The Bertz CT molecular complexity index is 367. The molecule has 0 amide bonds. The second kappa shape index (κ2) is 6.35. The Morgan fingerprint density at radius 1 is 1.22 bits per heavy atom. The highest BCUT2D eigenvalue weighted by molar-refractivity contribution is 5.21. The third-order valence-corrected chi connectivity index (χ3v) is 4.00. The smallest absolute Gasteiger partial charge is 0.0230 e. The van der Waals surface area contributed by atoms with Crippen LogP contribution in [0.2, 0.25) is 0 Å². The van der Waals surface area contributed by atoms with Crippen LogP contribution in [0.5, 0.6) is 0 Å². The van der Waals surface area contributed by atoms with E-state index in [0.717, 1.165) is 12.5 Å². The van der Waals surface area contributed by atoms with Crippen molar-refractivity contribution in [2.45, 2.75) is 45.2 Å². The minimum Gasteiger partial charge on any atom is -0.328 e. The number of nitrogens with two attached hydrogens (primary N) is 1. The molecule has 2 N–H and O–H groups in total. The molecule has 0 heterocycles. The van der Waals surface area contributed by atoms with Gasteiger partial charge in [-0.1, -0.05) is 29.8 Å². The van der Waals surface area contributed by atoms with Crippen molar-refractivity contribution in [1.29, 1.82) is 0 Å². The largest absolute Gasteiger partial charge is 0.328 e. The zero-order chi connectivity index (χ0) is 13.0. The van der Waals surface area contributed by atoms with Crippen LogP contribution in [-0.2, 0) is 6.54 Å². The molecule has 1 fully saturated rings. The Hall–Kier alpha value is -0.860. The van der Waals surface area contributed by atoms with Gasteiger partial charge in [-0.25, -0.2) is 0 Å². The van der Waals surface area contributed by atoms with Crippen LogP contribution in [-0.4, -0.2) is 24.5 Å². The lowest BCUT2D eigenvalue weighted by molar-refractivity contribution is 0.219. The van der Waals surface area contributed by atoms with Crippen LogP contribution in [0.4, 0.5) is 0 Å². The molecular formula is C16H26N2. The first-order chi connectivity index (χ1) is 8.63. The maximum absolute atomic E-state index is 5.95. The summed E-state index contributed by atoms with van der Waals surface area (Å²) in [6.07, 6.45) is 5.03. The summed E-state index contributed by atoms with van der Waals surface area (Å²) in [5, 5.41) is 0. The fourth-order valence-electron chi connectivity index (χ4n) is 3.00. The van der Waals surface area contributed by atoms with E-state index in [2.05, 4.69) is 43.1 Å². The third kappa shape index (κ3) is 4.11. The molecule has 0 unspecified atom stereocenters. The van der Waals surface area contributed by atoms with E-state index in [9.17, 15) is 0 Å². The summed E-state index contributed by atoms with van der Waals surface area (Å²) in [6, 6.07) is 9.28. The van der Waals surface area contributed by atoms with Crippen molar-refractivity contribution in [3.05, 3.63) is 35.4 Å². The van der Waals surface area contributed by atoms with Crippen molar-refractivity contribution < 1.29 is 0 Å². The molecule has 2 rings (SSSR count). The molecule has 0 spiro atoms. The van der Waals surface area contributed by atoms with Crippen LogP contribution >= 0.6 is 0 Å². The van der Waals surface area contributed by atoms with Crippen molar-refractivity contribution in [2.75, 3.05) is 13.6 Å². The predicted molar refractivity (Wildman–Crippen MR) is 77.4 cm³/mol. The van der Waals surface area contributed by atoms with Gasteiger partial charge >= 0.3 is 0 Å². The minimum atomic E-state index is 0.461. The zero-order valence-electron chi connectivity index (χ0n) is 11.7. The monoisotopic (exact) mass is 246 g/mol. The molecule has 2 nitrogen and oxygen atoms in total. The Morgan fingerprint density at radius 2 is 1.94 bits per heavy atom. The minimum absolute atomic E-state index is 0.461. The molecule has 0 aliphatic heterocycles. The first kappa shape index (κ1) is 13.6. The van der Waals surface area contributed by atoms with Gasteiger partial charge in [0.1, 0.15) is 0 Å². The van der Waals surface area contributed by atoms with E-state index in [0.29, 0.717) is 6.04 Å². The van der Waals surface area contributed by atoms with E-state index in [1.54, 1.807) is 0 Å². The fraction of sp³-hybridized carbons (Fsp3) is 0.625. The number of nitrogens with zero attached hydrogens (tertiary/aromatic N) is 1. The molecule has 1 saturated carbocycles. The zero-order valence-corrected chi connectivity index (χ0v) is 11.7. The quantitative estimate of drug-likeness (QED) is 0.885. The van der Waals surface area contributed by atoms with E-state index in [1.165, 1.54) is 43.4 Å². The van der Waals surface area contributed by atoms with Crippen molar-refractivity contribution in [2.24, 2.45) is 11.7 Å². The van der Waals surface area contributed by atoms with E-state index in [-0.39, 0.29) is 0 Å². The van der Waals surface area contributed by atoms with Crippen LogP contribution in [0.15, 0.2) is 24.3 Å². The second-order valence-electron chi connectivity index (χ2n) is 5.97. The first-order valence-corrected chi connectivity index (χ1v) is 7.13. The topological polar surface area (TPSA) is 29.3 Å². The van der Waals surface area contributed by atoms with Crippen molar-refractivity contribution in [1.82, 2.24) is 4.90 Å². The van der Waals surface area contributed by atoms with Gasteiger partial charge in [0.25, 0.3) is 0 Å². The van der Waals surface area contributed by atoms with E-state index in [1.807, 2.05) is 0 Å². The molecule has 0 radical (unpaired) electrons. The molecule has 0 atom stereocenters. The highest BCUT2D eigenvalue weighted by Gasteiger charge is 2.19. The normalized spacial score (nSPS) is 24.4. The SMILES string of the molecule is Cc1cccc(CN(C)CC2CCC(N)CC2)c1. The molecular weight excluding hydrogens is 220 g/mol. The lowest BCUT2D eigenvalue weighted by atomic mass is 9.86. The molecule has 1 aromatic rings. The number of aryl methyl sites for hydroxylation is 1. The molecule has 0 saturated heterocycles. The number of benzene rings is 1. The Balaban J connectivity index is 1.80. The molecule has 1 aromatic carbocycles. The van der Waals surface area contributed by atoms with E-state index >= 15 is 0 Å². The number of hydrogen-bond acceptors (Lipinski definition) is 2. The maximum Gasteiger partial charge on any atom is 0.0230 e. The Labute approximate surface area is 111 Å². The molecule has 0 aromatic heterocycles. The summed E-state index contributed by atoms with van der Waals surface area (Å²) in [7, 11) is 2.23. The third-order valence-electron chi connectivity index (χ3n) is 4.00. The Kier molecular flexibility index (Phi) is 4.79. The van der Waals surface area contributed by atoms with Crippen LogP contribution in [0, 0.1) is 12.8 Å². The second-order valence-corrected chi connectivity index (χ2v) is 5.97. The highest BCUT2D eigenvalue weighted by atomic mass is 15.1. The fourth-order valence-corrected chi connectivity index (χ4v) is 3.00. The van der Waals surface area contributed by atoms with Gasteiger partial charge in [0.15, 0.2) is 0 Å². The van der Waals surface area contributed by atoms with Gasteiger partial charge in [-0.2, -0.15) is 0 Å². The van der Waals surface area contributed by atoms with Gasteiger partial charge in [0.05, 0.1) is 0 Å². The van der Waals surface area contributed by atoms with Crippen LogP contribution < -0.4 is 5.73 Å². The van der Waals surface area contributed by atoms with Crippen LogP contribution in [0.1, 0.15) is 36.8 Å². The standard InChI is InChI=1S/C16H26N2/c1-13-4-3-5-15(10-13)12-18(2)11-14-6-8-16(17)9-7-14/h3-5,10,14,16H,6-9,11-12,17H2,1-2H3. The summed E-state index contributed by atoms with van der Waals surface area (Å²) < 4.78 is 0. The molecule has 1 aliphatic carbocycles. The van der Waals surface area contributed by atoms with E-state index in [4.69, 9.17) is 5.73 Å². The van der Waals surface area contributed by atoms with Gasteiger partial charge in [-0.05, 0) is 51.1 Å². The molecule has 100 valence electrons. The van der Waals surface area contributed by atoms with Crippen molar-refractivity contribution in [3.8, 4) is 0 Å². The number of hydrogen-bond donors (Lipinski definition) is 1. The average molecular weight is 246 g/mol. The van der Waals surface area contributed by atoms with Gasteiger partial charge < -0.3 is 10.6 Å². The van der Waals surface area contributed by atoms with Gasteiger partial charge in [0, 0.05) is 19.1 Å². The lowest BCUT2D eigenvalue weighted by Gasteiger charge is -2.29.